The van der Waals surface area contributed by atoms with Crippen LogP contribution in [-0.2, 0) is 16.1 Å². The SMILES string of the molecule is CC1(C)[C@@H]2CC[C@@]1(C)C(NC(=O)CCn1c(C3CCC(COC(N)=O)CC3)nc3ccccc31)C2. The first-order chi connectivity index (χ1) is 16.7. The second kappa shape index (κ2) is 9.14. The standard InChI is InChI=1S/C28H40N4O3/c1-27(2)20-12-14-28(27,3)23(16-20)31-24(33)13-15-32-22-7-5-4-6-21(22)30-25(32)19-10-8-18(9-11-19)17-35-26(29)34/h4-7,18-20,23H,8-17H2,1-3H3,(H2,29,34)(H,31,33)/t18?,19?,20-,23?,28+/m1/s1. The molecule has 1 aromatic heterocycles. The monoisotopic (exact) mass is 480 g/mol. The summed E-state index contributed by atoms with van der Waals surface area (Å²) >= 11 is 0. The van der Waals surface area contributed by atoms with Crippen molar-refractivity contribution in [1.29, 1.82) is 0 Å². The topological polar surface area (TPSA) is 99.2 Å². The molecule has 190 valence electrons. The van der Waals surface area contributed by atoms with E-state index in [1.165, 1.54) is 12.8 Å². The molecule has 7 heteroatoms. The Kier molecular flexibility index (Phi) is 6.30. The van der Waals surface area contributed by atoms with Gasteiger partial charge in [0, 0.05) is 24.9 Å². The highest BCUT2D eigenvalue weighted by Gasteiger charge is 2.61. The molecule has 35 heavy (non-hydrogen) atoms. The van der Waals surface area contributed by atoms with Crippen molar-refractivity contribution < 1.29 is 14.3 Å². The molecule has 2 aromatic rings. The third-order valence-electron chi connectivity index (χ3n) is 10.0. The Morgan fingerprint density at radius 2 is 1.89 bits per heavy atom. The van der Waals surface area contributed by atoms with Crippen LogP contribution in [0.4, 0.5) is 4.79 Å². The van der Waals surface area contributed by atoms with E-state index in [2.05, 4.69) is 42.8 Å². The lowest BCUT2D eigenvalue weighted by Gasteiger charge is -2.39. The number of rotatable bonds is 7. The van der Waals surface area contributed by atoms with Gasteiger partial charge in [-0.2, -0.15) is 0 Å². The van der Waals surface area contributed by atoms with E-state index in [0.29, 0.717) is 42.7 Å². The summed E-state index contributed by atoms with van der Waals surface area (Å²) < 4.78 is 7.30. The largest absolute Gasteiger partial charge is 0.449 e. The van der Waals surface area contributed by atoms with Gasteiger partial charge in [-0.25, -0.2) is 9.78 Å². The van der Waals surface area contributed by atoms with Crippen molar-refractivity contribution in [2.24, 2.45) is 28.4 Å². The molecule has 3 N–H and O–H groups in total. The molecule has 2 bridgehead atoms. The quantitative estimate of drug-likeness (QED) is 0.574. The normalized spacial score (nSPS) is 31.5. The third-order valence-corrected chi connectivity index (χ3v) is 10.0. The van der Waals surface area contributed by atoms with E-state index in [1.807, 2.05) is 12.1 Å². The van der Waals surface area contributed by atoms with Crippen LogP contribution in [0, 0.1) is 22.7 Å². The van der Waals surface area contributed by atoms with Gasteiger partial charge < -0.3 is 20.4 Å². The summed E-state index contributed by atoms with van der Waals surface area (Å²) in [5.41, 5.74) is 7.70. The summed E-state index contributed by atoms with van der Waals surface area (Å²) in [6.45, 7) is 8.18. The minimum absolute atomic E-state index is 0.149. The van der Waals surface area contributed by atoms with Crippen molar-refractivity contribution in [3.63, 3.8) is 0 Å². The molecule has 3 saturated carbocycles. The van der Waals surface area contributed by atoms with E-state index in [1.54, 1.807) is 0 Å². The van der Waals surface area contributed by atoms with Crippen molar-refractivity contribution in [2.75, 3.05) is 6.61 Å². The van der Waals surface area contributed by atoms with Crippen LogP contribution in [0.25, 0.3) is 11.0 Å². The number of aromatic nitrogens is 2. The van der Waals surface area contributed by atoms with Gasteiger partial charge in [-0.05, 0) is 79.7 Å². The lowest BCUT2D eigenvalue weighted by Crippen LogP contribution is -2.47. The van der Waals surface area contributed by atoms with Gasteiger partial charge in [0.05, 0.1) is 17.6 Å². The summed E-state index contributed by atoms with van der Waals surface area (Å²) in [5.74, 6) is 2.65. The number of nitrogens with zero attached hydrogens (tertiary/aromatic N) is 2. The van der Waals surface area contributed by atoms with Crippen LogP contribution in [0.3, 0.4) is 0 Å². The van der Waals surface area contributed by atoms with Gasteiger partial charge in [0.25, 0.3) is 0 Å². The van der Waals surface area contributed by atoms with Gasteiger partial charge in [-0.15, -0.1) is 0 Å². The lowest BCUT2D eigenvalue weighted by molar-refractivity contribution is -0.123. The number of fused-ring (bicyclic) bond motifs is 3. The number of nitrogens with one attached hydrogen (secondary N) is 1. The van der Waals surface area contributed by atoms with Crippen molar-refractivity contribution in [1.82, 2.24) is 14.9 Å². The van der Waals surface area contributed by atoms with Crippen LogP contribution < -0.4 is 11.1 Å². The maximum Gasteiger partial charge on any atom is 0.404 e. The number of carbonyl (C=O) groups excluding carboxylic acids is 2. The highest BCUT2D eigenvalue weighted by molar-refractivity contribution is 5.78. The zero-order chi connectivity index (χ0) is 24.8. The predicted molar refractivity (Wildman–Crippen MR) is 136 cm³/mol. The highest BCUT2D eigenvalue weighted by atomic mass is 16.5. The Morgan fingerprint density at radius 1 is 1.14 bits per heavy atom. The van der Waals surface area contributed by atoms with Crippen molar-refractivity contribution in [2.45, 2.75) is 90.6 Å². The summed E-state index contributed by atoms with van der Waals surface area (Å²) in [6.07, 6.45) is 7.34. The molecule has 3 atom stereocenters. The number of aryl methyl sites for hydroxylation is 1. The van der Waals surface area contributed by atoms with Gasteiger partial charge in [-0.1, -0.05) is 32.9 Å². The average molecular weight is 481 g/mol. The second-order valence-corrected chi connectivity index (χ2v) is 11.9. The molecule has 3 aliphatic carbocycles. The van der Waals surface area contributed by atoms with Crippen LogP contribution in [0.5, 0.6) is 0 Å². The third kappa shape index (κ3) is 4.31. The Balaban J connectivity index is 1.25. The zero-order valence-corrected chi connectivity index (χ0v) is 21.4. The molecular formula is C28H40N4O3. The van der Waals surface area contributed by atoms with Gasteiger partial charge >= 0.3 is 6.09 Å². The Hall–Kier alpha value is -2.57. The number of ether oxygens (including phenoxy) is 1. The first-order valence-corrected chi connectivity index (χ1v) is 13.4. The summed E-state index contributed by atoms with van der Waals surface area (Å²) in [4.78, 5) is 29.1. The minimum Gasteiger partial charge on any atom is -0.449 e. The number of amides is 2. The Bertz CT molecular complexity index is 1100. The van der Waals surface area contributed by atoms with E-state index < -0.39 is 6.09 Å². The number of hydrogen-bond acceptors (Lipinski definition) is 4. The zero-order valence-electron chi connectivity index (χ0n) is 21.4. The van der Waals surface area contributed by atoms with Crippen LogP contribution in [0.15, 0.2) is 24.3 Å². The number of benzene rings is 1. The summed E-state index contributed by atoms with van der Waals surface area (Å²) in [7, 11) is 0. The molecule has 0 radical (unpaired) electrons. The van der Waals surface area contributed by atoms with Gasteiger partial charge in [0.15, 0.2) is 0 Å². The molecule has 7 nitrogen and oxygen atoms in total. The maximum atomic E-state index is 13.1. The van der Waals surface area contributed by atoms with Crippen LogP contribution in [0.1, 0.15) is 83.9 Å². The summed E-state index contributed by atoms with van der Waals surface area (Å²) in [5, 5.41) is 3.42. The highest BCUT2D eigenvalue weighted by Crippen LogP contribution is 2.65. The number of hydrogen-bond donors (Lipinski definition) is 2. The van der Waals surface area contributed by atoms with Crippen LogP contribution in [-0.4, -0.2) is 34.2 Å². The first-order valence-electron chi connectivity index (χ1n) is 13.4. The molecule has 0 spiro atoms. The summed E-state index contributed by atoms with van der Waals surface area (Å²) in [6, 6.07) is 8.50. The fourth-order valence-corrected chi connectivity index (χ4v) is 7.33. The maximum absolute atomic E-state index is 13.1. The molecule has 0 aliphatic heterocycles. The number of para-hydroxylation sites is 2. The number of carbonyl (C=O) groups is 2. The van der Waals surface area contributed by atoms with Gasteiger partial charge in [-0.3, -0.25) is 4.79 Å². The number of imidazole rings is 1. The minimum atomic E-state index is -0.699. The fourth-order valence-electron chi connectivity index (χ4n) is 7.33. The molecule has 1 heterocycles. The second-order valence-electron chi connectivity index (χ2n) is 11.9. The van der Waals surface area contributed by atoms with Crippen molar-refractivity contribution in [3.8, 4) is 0 Å². The van der Waals surface area contributed by atoms with Crippen LogP contribution >= 0.6 is 0 Å². The van der Waals surface area contributed by atoms with Gasteiger partial charge in [0.2, 0.25) is 5.91 Å². The van der Waals surface area contributed by atoms with Crippen molar-refractivity contribution >= 4 is 23.0 Å². The lowest BCUT2D eigenvalue weighted by atomic mass is 9.69. The average Bonchev–Trinajstić information content (AvgIpc) is 3.37. The van der Waals surface area contributed by atoms with E-state index in [-0.39, 0.29) is 17.4 Å². The first kappa shape index (κ1) is 24.1. The molecule has 2 amide bonds. The van der Waals surface area contributed by atoms with Crippen molar-refractivity contribution in [3.05, 3.63) is 30.1 Å². The molecule has 1 aromatic carbocycles. The molecule has 0 saturated heterocycles. The fraction of sp³-hybridized carbons (Fsp3) is 0.679. The molecule has 1 unspecified atom stereocenters. The van der Waals surface area contributed by atoms with E-state index in [4.69, 9.17) is 15.5 Å². The predicted octanol–water partition coefficient (Wildman–Crippen LogP) is 5.13. The van der Waals surface area contributed by atoms with Crippen LogP contribution in [0.2, 0.25) is 0 Å². The number of primary amides is 1. The van der Waals surface area contributed by atoms with E-state index in [0.717, 1.165) is 49.0 Å². The molecule has 3 aliphatic rings. The van der Waals surface area contributed by atoms with E-state index >= 15 is 0 Å². The Morgan fingerprint density at radius 3 is 2.54 bits per heavy atom. The number of nitrogens with two attached hydrogens (primary N) is 1. The van der Waals surface area contributed by atoms with E-state index in [9.17, 15) is 9.59 Å². The van der Waals surface area contributed by atoms with Gasteiger partial charge in [0.1, 0.15) is 5.82 Å². The molecule has 3 fully saturated rings. The molecule has 5 rings (SSSR count). The molecular weight excluding hydrogens is 440 g/mol. The Labute approximate surface area is 208 Å². The smallest absolute Gasteiger partial charge is 0.404 e.